The highest BCUT2D eigenvalue weighted by molar-refractivity contribution is 6.15. The van der Waals surface area contributed by atoms with Crippen LogP contribution in [0.25, 0.3) is 0 Å². The molecule has 3 aliphatic rings. The van der Waals surface area contributed by atoms with Crippen molar-refractivity contribution in [1.82, 2.24) is 0 Å². The van der Waals surface area contributed by atoms with Crippen LogP contribution >= 0.6 is 0 Å². The fraction of sp³-hybridized carbons (Fsp3) is 0.389. The summed E-state index contributed by atoms with van der Waals surface area (Å²) in [6.45, 7) is 0.136. The fourth-order valence-corrected chi connectivity index (χ4v) is 3.90. The first-order valence-electron chi connectivity index (χ1n) is 8.14. The number of carbonyl (C=O) groups is 2. The molecule has 1 aliphatic carbocycles. The quantitative estimate of drug-likeness (QED) is 0.563. The minimum absolute atomic E-state index is 0.0673. The number of Topliss-reactive ketones (excluding diaryl/α,β-unsaturated/α-hetero) is 1. The van der Waals surface area contributed by atoms with E-state index in [-0.39, 0.29) is 29.9 Å². The minimum Gasteiger partial charge on any atom is -0.462 e. The number of ketones is 1. The van der Waals surface area contributed by atoms with Gasteiger partial charge in [-0.05, 0) is 24.1 Å². The number of cyclic esters (lactones) is 1. The van der Waals surface area contributed by atoms with Crippen LogP contribution in [0.1, 0.15) is 36.3 Å². The largest absolute Gasteiger partial charge is 0.462 e. The number of ether oxygens (including phenoxy) is 1. The van der Waals surface area contributed by atoms with E-state index in [0.29, 0.717) is 30.3 Å². The van der Waals surface area contributed by atoms with Gasteiger partial charge in [0.25, 0.3) is 0 Å². The summed E-state index contributed by atoms with van der Waals surface area (Å²) >= 11 is 0. The molecule has 0 N–H and O–H groups in total. The second kappa shape index (κ2) is 5.75. The van der Waals surface area contributed by atoms with Gasteiger partial charge in [-0.25, -0.2) is 9.18 Å². The van der Waals surface area contributed by atoms with Crippen LogP contribution in [0.3, 0.4) is 0 Å². The fourth-order valence-electron chi connectivity index (χ4n) is 3.90. The Kier molecular flexibility index (Phi) is 3.75. The third-order valence-corrected chi connectivity index (χ3v) is 5.01. The van der Waals surface area contributed by atoms with Crippen molar-refractivity contribution in [3.63, 3.8) is 0 Å². The zero-order valence-electron chi connectivity index (χ0n) is 13.4. The molecule has 0 bridgehead atoms. The van der Waals surface area contributed by atoms with Crippen molar-refractivity contribution < 1.29 is 31.9 Å². The van der Waals surface area contributed by atoms with Gasteiger partial charge >= 0.3 is 12.1 Å². The van der Waals surface area contributed by atoms with Crippen molar-refractivity contribution in [2.24, 2.45) is 10.9 Å². The summed E-state index contributed by atoms with van der Waals surface area (Å²) < 4.78 is 58.1. The van der Waals surface area contributed by atoms with Gasteiger partial charge in [0.15, 0.2) is 0 Å². The second-order valence-corrected chi connectivity index (χ2v) is 6.51. The summed E-state index contributed by atoms with van der Waals surface area (Å²) in [5.41, 5.74) is -0.218. The lowest BCUT2D eigenvalue weighted by Gasteiger charge is -2.33. The Morgan fingerprint density at radius 3 is 2.58 bits per heavy atom. The highest BCUT2D eigenvalue weighted by atomic mass is 19.4. The summed E-state index contributed by atoms with van der Waals surface area (Å²) in [5, 5.41) is 0. The highest BCUT2D eigenvalue weighted by Crippen LogP contribution is 2.46. The molecular weight excluding hydrogens is 354 g/mol. The molecule has 136 valence electrons. The van der Waals surface area contributed by atoms with Gasteiger partial charge in [0.2, 0.25) is 0 Å². The van der Waals surface area contributed by atoms with Crippen LogP contribution in [0.4, 0.5) is 17.6 Å². The predicted octanol–water partition coefficient (Wildman–Crippen LogP) is 3.56. The number of benzene rings is 1. The number of alkyl halides is 3. The molecule has 0 amide bonds. The van der Waals surface area contributed by atoms with Gasteiger partial charge in [-0.15, -0.1) is 0 Å². The average Bonchev–Trinajstić information content (AvgIpc) is 2.94. The first-order chi connectivity index (χ1) is 12.3. The minimum atomic E-state index is -4.88. The Labute approximate surface area is 145 Å². The van der Waals surface area contributed by atoms with E-state index in [9.17, 15) is 27.2 Å². The Bertz CT molecular complexity index is 885. The Balaban J connectivity index is 1.90. The van der Waals surface area contributed by atoms with Gasteiger partial charge in [0.1, 0.15) is 11.6 Å². The van der Waals surface area contributed by atoms with E-state index in [1.54, 1.807) is 0 Å². The number of aliphatic imine (C=N–C) groups is 1. The maximum atomic E-state index is 13.7. The van der Waals surface area contributed by atoms with Crippen LogP contribution in [-0.2, 0) is 20.5 Å². The van der Waals surface area contributed by atoms with E-state index < -0.39 is 35.4 Å². The number of rotatable bonds is 1. The van der Waals surface area contributed by atoms with E-state index in [1.807, 2.05) is 0 Å². The van der Waals surface area contributed by atoms with Crippen LogP contribution in [0.15, 0.2) is 34.5 Å². The number of halogens is 4. The van der Waals surface area contributed by atoms with Gasteiger partial charge in [-0.1, -0.05) is 6.07 Å². The molecule has 0 saturated heterocycles. The molecule has 0 aromatic heterocycles. The molecule has 4 nitrogen and oxygen atoms in total. The van der Waals surface area contributed by atoms with E-state index >= 15 is 0 Å². The summed E-state index contributed by atoms with van der Waals surface area (Å²) in [7, 11) is 0. The molecule has 1 aromatic rings. The summed E-state index contributed by atoms with van der Waals surface area (Å²) in [4.78, 5) is 29.1. The Hall–Kier alpha value is -2.51. The summed E-state index contributed by atoms with van der Waals surface area (Å²) in [6, 6.07) is 2.59. The van der Waals surface area contributed by atoms with Crippen molar-refractivity contribution in [3.8, 4) is 0 Å². The zero-order valence-corrected chi connectivity index (χ0v) is 13.4. The SMILES string of the molecule is O=C1OCCC2=C1C(c1ccc(F)c(C(F)(F)F)c1)C1C(=O)CCC1=N2. The Morgan fingerprint density at radius 1 is 1.08 bits per heavy atom. The maximum Gasteiger partial charge on any atom is 0.419 e. The predicted molar refractivity (Wildman–Crippen MR) is 81.9 cm³/mol. The van der Waals surface area contributed by atoms with Crippen LogP contribution in [0.2, 0.25) is 0 Å². The van der Waals surface area contributed by atoms with Crippen LogP contribution in [0, 0.1) is 11.7 Å². The van der Waals surface area contributed by atoms with Crippen LogP contribution < -0.4 is 0 Å². The van der Waals surface area contributed by atoms with Gasteiger partial charge in [0, 0.05) is 24.5 Å². The van der Waals surface area contributed by atoms with Crippen molar-refractivity contribution in [2.75, 3.05) is 6.61 Å². The van der Waals surface area contributed by atoms with Crippen LogP contribution in [0.5, 0.6) is 0 Å². The zero-order chi connectivity index (χ0) is 18.6. The van der Waals surface area contributed by atoms with E-state index in [0.717, 1.165) is 6.07 Å². The molecular formula is C18H13F4NO3. The van der Waals surface area contributed by atoms with Crippen molar-refractivity contribution in [1.29, 1.82) is 0 Å². The monoisotopic (exact) mass is 367 g/mol. The molecule has 8 heteroatoms. The lowest BCUT2D eigenvalue weighted by Crippen LogP contribution is -2.34. The van der Waals surface area contributed by atoms with E-state index in [2.05, 4.69) is 4.99 Å². The maximum absolute atomic E-state index is 13.7. The third-order valence-electron chi connectivity index (χ3n) is 5.01. The number of hydrogen-bond acceptors (Lipinski definition) is 4. The number of fused-ring (bicyclic) bond motifs is 1. The Morgan fingerprint density at radius 2 is 1.85 bits per heavy atom. The van der Waals surface area contributed by atoms with Crippen molar-refractivity contribution >= 4 is 17.5 Å². The molecule has 4 rings (SSSR count). The van der Waals surface area contributed by atoms with Crippen molar-refractivity contribution in [2.45, 2.75) is 31.4 Å². The second-order valence-electron chi connectivity index (χ2n) is 6.51. The molecule has 1 aromatic carbocycles. The molecule has 1 saturated carbocycles. The standard InChI is InChI=1S/C18H13F4NO3/c19-10-2-1-8(7-9(10)18(20,21)22)14-15-11(3-4-13(15)24)23-12-5-6-26-17(25)16(12)14/h1-2,7,14-15H,3-6H2. The van der Waals surface area contributed by atoms with E-state index in [1.165, 1.54) is 6.07 Å². The molecule has 2 unspecified atom stereocenters. The molecule has 0 spiro atoms. The normalized spacial score (nSPS) is 25.6. The van der Waals surface area contributed by atoms with Crippen LogP contribution in [-0.4, -0.2) is 24.1 Å². The molecule has 2 atom stereocenters. The molecule has 1 fully saturated rings. The topological polar surface area (TPSA) is 55.7 Å². The summed E-state index contributed by atoms with van der Waals surface area (Å²) in [5.74, 6) is -4.00. The summed E-state index contributed by atoms with van der Waals surface area (Å²) in [6.07, 6.45) is -3.90. The first-order valence-corrected chi connectivity index (χ1v) is 8.14. The molecule has 0 radical (unpaired) electrons. The number of nitrogens with zero attached hydrogens (tertiary/aromatic N) is 1. The molecule has 2 aliphatic heterocycles. The number of esters is 1. The number of carbonyl (C=O) groups excluding carboxylic acids is 2. The first kappa shape index (κ1) is 16.9. The average molecular weight is 367 g/mol. The third kappa shape index (κ3) is 2.55. The van der Waals surface area contributed by atoms with Gasteiger partial charge < -0.3 is 4.74 Å². The highest BCUT2D eigenvalue weighted by Gasteiger charge is 2.47. The van der Waals surface area contributed by atoms with Gasteiger partial charge in [-0.3, -0.25) is 9.79 Å². The van der Waals surface area contributed by atoms with E-state index in [4.69, 9.17) is 4.74 Å². The van der Waals surface area contributed by atoms with Gasteiger partial charge in [-0.2, -0.15) is 13.2 Å². The smallest absolute Gasteiger partial charge is 0.419 e. The van der Waals surface area contributed by atoms with Gasteiger partial charge in [0.05, 0.1) is 29.4 Å². The lowest BCUT2D eigenvalue weighted by atomic mass is 9.74. The number of hydrogen-bond donors (Lipinski definition) is 0. The molecule has 2 heterocycles. The molecule has 26 heavy (non-hydrogen) atoms. The van der Waals surface area contributed by atoms with Crippen molar-refractivity contribution in [3.05, 3.63) is 46.4 Å². The lowest BCUT2D eigenvalue weighted by molar-refractivity contribution is -0.141.